The van der Waals surface area contributed by atoms with Crippen LogP contribution >= 0.6 is 0 Å². The molecule has 34 heavy (non-hydrogen) atoms. The van der Waals surface area contributed by atoms with Gasteiger partial charge in [-0.15, -0.1) is 0 Å². The third-order valence-electron chi connectivity index (χ3n) is 6.48. The van der Waals surface area contributed by atoms with Crippen LogP contribution in [0, 0.1) is 0 Å². The lowest BCUT2D eigenvalue weighted by Crippen LogP contribution is -2.35. The van der Waals surface area contributed by atoms with E-state index in [0.717, 1.165) is 34.3 Å². The topological polar surface area (TPSA) is 95.5 Å². The lowest BCUT2D eigenvalue weighted by atomic mass is 9.90. The van der Waals surface area contributed by atoms with E-state index in [9.17, 15) is 9.90 Å². The van der Waals surface area contributed by atoms with Gasteiger partial charge in [-0.05, 0) is 60.3 Å². The number of nitrogens with one attached hydrogen (secondary N) is 1. The van der Waals surface area contributed by atoms with E-state index in [-0.39, 0.29) is 18.1 Å². The molecule has 2 N–H and O–H groups in total. The predicted molar refractivity (Wildman–Crippen MR) is 127 cm³/mol. The first-order valence-electron chi connectivity index (χ1n) is 11.5. The second-order valence-electron chi connectivity index (χ2n) is 8.75. The molecule has 1 fully saturated rings. The van der Waals surface area contributed by atoms with Crippen LogP contribution in [0.4, 0.5) is 0 Å². The van der Waals surface area contributed by atoms with Crippen LogP contribution in [-0.4, -0.2) is 63.8 Å². The normalized spacial score (nSPS) is 24.1. The van der Waals surface area contributed by atoms with Gasteiger partial charge >= 0.3 is 0 Å². The van der Waals surface area contributed by atoms with Gasteiger partial charge in [0.25, 0.3) is 0 Å². The Labute approximate surface area is 200 Å². The molecule has 1 amide bonds. The Kier molecular flexibility index (Phi) is 7.19. The van der Waals surface area contributed by atoms with Crippen molar-refractivity contribution < 1.29 is 33.6 Å². The average molecular weight is 472 g/mol. The molecule has 1 heterocycles. The molecule has 3 aliphatic rings. The van der Waals surface area contributed by atoms with Crippen molar-refractivity contribution in [1.82, 2.24) is 5.32 Å². The maximum absolute atomic E-state index is 12.1. The van der Waals surface area contributed by atoms with Crippen molar-refractivity contribution >= 4 is 11.5 Å². The number of amides is 1. The minimum atomic E-state index is -0.965. The summed E-state index contributed by atoms with van der Waals surface area (Å²) < 4.78 is 28.7. The molecule has 0 spiro atoms. The van der Waals surface area contributed by atoms with Gasteiger partial charge in [0, 0.05) is 18.9 Å². The molecule has 8 heteroatoms. The fraction of sp³-hybridized carbons (Fsp3) is 0.500. The van der Waals surface area contributed by atoms with Gasteiger partial charge in [-0.25, -0.2) is 0 Å². The van der Waals surface area contributed by atoms with Gasteiger partial charge in [0.15, 0.2) is 11.5 Å². The number of carbonyl (C=O) groups excluding carboxylic acids is 1. The molecule has 0 aromatic heterocycles. The van der Waals surface area contributed by atoms with Crippen molar-refractivity contribution in [3.8, 4) is 17.2 Å². The van der Waals surface area contributed by atoms with E-state index in [1.165, 1.54) is 6.92 Å². The molecular weight excluding hydrogens is 438 g/mol. The minimum Gasteiger partial charge on any atom is -0.493 e. The molecule has 1 aliphatic heterocycles. The summed E-state index contributed by atoms with van der Waals surface area (Å²) in [5.41, 5.74) is 4.33. The van der Waals surface area contributed by atoms with Crippen LogP contribution in [0.15, 0.2) is 35.1 Å². The summed E-state index contributed by atoms with van der Waals surface area (Å²) >= 11 is 0. The summed E-state index contributed by atoms with van der Waals surface area (Å²) in [6.07, 6.45) is 4.81. The highest BCUT2D eigenvalue weighted by Crippen LogP contribution is 2.49. The lowest BCUT2D eigenvalue weighted by Gasteiger charge is -2.23. The molecule has 1 aromatic carbocycles. The number of rotatable bonds is 6. The largest absolute Gasteiger partial charge is 0.493 e. The van der Waals surface area contributed by atoms with Gasteiger partial charge in [-0.3, -0.25) is 4.79 Å². The Balaban J connectivity index is 1.93. The van der Waals surface area contributed by atoms with Crippen LogP contribution in [0.1, 0.15) is 37.8 Å². The fourth-order valence-electron chi connectivity index (χ4n) is 4.96. The third kappa shape index (κ3) is 4.52. The molecule has 1 saturated heterocycles. The number of allylic oxidation sites excluding steroid dienone is 2. The summed E-state index contributed by atoms with van der Waals surface area (Å²) in [5.74, 6) is 1.97. The smallest absolute Gasteiger partial charge is 0.217 e. The number of fused-ring (bicyclic) bond motifs is 3. The SMILES string of the molecule is COc1cc2c(c(OC)c1OC)C1=CC(C)=C(O[C@H]3CCOC3)[C@@H](O)C=C1[C@@H](NC(C)=O)CC2. The zero-order chi connectivity index (χ0) is 24.4. The first-order chi connectivity index (χ1) is 16.4. The van der Waals surface area contributed by atoms with E-state index < -0.39 is 6.10 Å². The van der Waals surface area contributed by atoms with Crippen molar-refractivity contribution in [1.29, 1.82) is 0 Å². The van der Waals surface area contributed by atoms with Crippen molar-refractivity contribution in [3.05, 3.63) is 46.3 Å². The van der Waals surface area contributed by atoms with Crippen molar-refractivity contribution in [2.24, 2.45) is 0 Å². The highest BCUT2D eigenvalue weighted by molar-refractivity contribution is 5.90. The molecule has 184 valence electrons. The Morgan fingerprint density at radius 1 is 1.15 bits per heavy atom. The molecular formula is C26H33NO7. The molecule has 8 nitrogen and oxygen atoms in total. The molecule has 0 radical (unpaired) electrons. The monoisotopic (exact) mass is 471 g/mol. The van der Waals surface area contributed by atoms with Crippen molar-refractivity contribution in [2.75, 3.05) is 34.5 Å². The van der Waals surface area contributed by atoms with Crippen LogP contribution < -0.4 is 19.5 Å². The number of hydrogen-bond donors (Lipinski definition) is 2. The van der Waals surface area contributed by atoms with E-state index in [1.54, 1.807) is 27.4 Å². The number of ether oxygens (including phenoxy) is 5. The number of aliphatic hydroxyl groups is 1. The number of carbonyl (C=O) groups is 1. The summed E-state index contributed by atoms with van der Waals surface area (Å²) in [4.78, 5) is 12.1. The van der Waals surface area contributed by atoms with Crippen LogP contribution in [0.25, 0.3) is 5.57 Å². The maximum Gasteiger partial charge on any atom is 0.217 e. The van der Waals surface area contributed by atoms with Crippen LogP contribution in [0.3, 0.4) is 0 Å². The zero-order valence-electron chi connectivity index (χ0n) is 20.4. The molecule has 0 unspecified atom stereocenters. The van der Waals surface area contributed by atoms with Gasteiger partial charge in [-0.1, -0.05) is 0 Å². The Hall–Kier alpha value is -2.97. The van der Waals surface area contributed by atoms with Gasteiger partial charge in [-0.2, -0.15) is 0 Å². The maximum atomic E-state index is 12.1. The quantitative estimate of drug-likeness (QED) is 0.659. The summed E-state index contributed by atoms with van der Waals surface area (Å²) in [6, 6.07) is 1.66. The van der Waals surface area contributed by atoms with Gasteiger partial charge in [0.2, 0.25) is 11.7 Å². The summed E-state index contributed by atoms with van der Waals surface area (Å²) in [5, 5.41) is 14.3. The molecule has 1 aromatic rings. The van der Waals surface area contributed by atoms with Crippen LogP contribution in [-0.2, 0) is 20.7 Å². The fourth-order valence-corrected chi connectivity index (χ4v) is 4.96. The van der Waals surface area contributed by atoms with Crippen LogP contribution in [0.5, 0.6) is 17.2 Å². The highest BCUT2D eigenvalue weighted by atomic mass is 16.6. The number of methoxy groups -OCH3 is 3. The number of hydrogen-bond acceptors (Lipinski definition) is 7. The van der Waals surface area contributed by atoms with E-state index in [4.69, 9.17) is 23.7 Å². The molecule has 0 bridgehead atoms. The molecule has 4 rings (SSSR count). The Morgan fingerprint density at radius 2 is 1.91 bits per heavy atom. The average Bonchev–Trinajstić information content (AvgIpc) is 3.25. The number of aryl methyl sites for hydroxylation is 1. The van der Waals surface area contributed by atoms with Gasteiger partial charge < -0.3 is 34.1 Å². The highest BCUT2D eigenvalue weighted by Gasteiger charge is 2.34. The van der Waals surface area contributed by atoms with Crippen LogP contribution in [0.2, 0.25) is 0 Å². The minimum absolute atomic E-state index is 0.100. The van der Waals surface area contributed by atoms with Gasteiger partial charge in [0.05, 0.1) is 40.6 Å². The molecule has 2 aliphatic carbocycles. The number of benzene rings is 1. The van der Waals surface area contributed by atoms with Gasteiger partial charge in [0.1, 0.15) is 18.0 Å². The van der Waals surface area contributed by atoms with E-state index in [1.807, 2.05) is 19.1 Å². The third-order valence-corrected chi connectivity index (χ3v) is 6.48. The first kappa shape index (κ1) is 24.2. The summed E-state index contributed by atoms with van der Waals surface area (Å²) in [6.45, 7) is 4.56. The first-order valence-corrected chi connectivity index (χ1v) is 11.5. The van der Waals surface area contributed by atoms with Crippen molar-refractivity contribution in [3.63, 3.8) is 0 Å². The second kappa shape index (κ2) is 10.1. The van der Waals surface area contributed by atoms with E-state index >= 15 is 0 Å². The summed E-state index contributed by atoms with van der Waals surface area (Å²) in [7, 11) is 4.77. The second-order valence-corrected chi connectivity index (χ2v) is 8.75. The zero-order valence-corrected chi connectivity index (χ0v) is 20.4. The Bertz CT molecular complexity index is 1050. The molecule has 3 atom stereocenters. The molecule has 0 saturated carbocycles. The van der Waals surface area contributed by atoms with Crippen molar-refractivity contribution in [2.45, 2.75) is 51.4 Å². The van der Waals surface area contributed by atoms with E-state index in [0.29, 0.717) is 49.1 Å². The lowest BCUT2D eigenvalue weighted by molar-refractivity contribution is -0.119. The Morgan fingerprint density at radius 3 is 2.53 bits per heavy atom. The predicted octanol–water partition coefficient (Wildman–Crippen LogP) is 2.93. The van der Waals surface area contributed by atoms with E-state index in [2.05, 4.69) is 5.32 Å². The standard InChI is InChI=1S/C26H33NO7/c1-14-10-19-18(12-21(29)24(14)34-17-8-9-33-13-17)20(27-15(2)28)7-6-16-11-22(30-3)25(31-4)26(32-5)23(16)19/h10-12,17,20-21,29H,6-9,13H2,1-5H3,(H,27,28)/t17-,20-,21-/m0/s1. The number of aliphatic hydroxyl groups excluding tert-OH is 1.